The molecule has 3 aromatic heterocycles. The number of pyridine rings is 1. The number of aryl methyl sites for hydroxylation is 1. The number of nitrogens with zero attached hydrogens (tertiary/aromatic N) is 1. The van der Waals surface area contributed by atoms with Crippen molar-refractivity contribution >= 4 is 33.0 Å². The number of hydrogen-bond donors (Lipinski definition) is 1. The Balaban J connectivity index is 1.85. The number of H-pyrrole nitrogens is 1. The highest BCUT2D eigenvalue weighted by Gasteiger charge is 2.11. The summed E-state index contributed by atoms with van der Waals surface area (Å²) < 4.78 is 5.92. The smallest absolute Gasteiger partial charge is 0.138 e. The molecule has 3 heteroatoms. The van der Waals surface area contributed by atoms with Gasteiger partial charge in [-0.05, 0) is 47.9 Å². The van der Waals surface area contributed by atoms with Crippen LogP contribution in [0, 0.1) is 6.92 Å². The van der Waals surface area contributed by atoms with E-state index in [1.807, 2.05) is 30.6 Å². The summed E-state index contributed by atoms with van der Waals surface area (Å²) in [4.78, 5) is 7.65. The number of rotatable bonds is 1. The molecule has 0 spiro atoms. The zero-order chi connectivity index (χ0) is 15.4. The number of hydrogen-bond acceptors (Lipinski definition) is 2. The van der Waals surface area contributed by atoms with Gasteiger partial charge in [0.05, 0.1) is 0 Å². The molecule has 23 heavy (non-hydrogen) atoms. The maximum absolute atomic E-state index is 5.92. The molecule has 3 heterocycles. The van der Waals surface area contributed by atoms with Crippen LogP contribution in [-0.2, 0) is 0 Å². The average Bonchev–Trinajstić information content (AvgIpc) is 3.15. The third-order valence-corrected chi connectivity index (χ3v) is 4.46. The minimum absolute atomic E-state index is 0.922. The summed E-state index contributed by atoms with van der Waals surface area (Å²) in [6, 6.07) is 16.6. The van der Waals surface area contributed by atoms with Gasteiger partial charge in [-0.2, -0.15) is 0 Å². The molecular formula is C20H14N2O. The molecule has 0 aliphatic heterocycles. The van der Waals surface area contributed by atoms with E-state index in [9.17, 15) is 0 Å². The van der Waals surface area contributed by atoms with E-state index in [-0.39, 0.29) is 0 Å². The second-order valence-electron chi connectivity index (χ2n) is 5.86. The molecule has 0 saturated heterocycles. The average molecular weight is 298 g/mol. The van der Waals surface area contributed by atoms with E-state index in [0.717, 1.165) is 27.6 Å². The lowest BCUT2D eigenvalue weighted by Crippen LogP contribution is -1.83. The second kappa shape index (κ2) is 4.46. The van der Waals surface area contributed by atoms with Gasteiger partial charge in [-0.25, -0.2) is 4.98 Å². The Morgan fingerprint density at radius 3 is 2.78 bits per heavy atom. The van der Waals surface area contributed by atoms with Gasteiger partial charge in [0.1, 0.15) is 16.8 Å². The molecule has 0 amide bonds. The first-order chi connectivity index (χ1) is 11.3. The van der Waals surface area contributed by atoms with Crippen molar-refractivity contribution in [2.24, 2.45) is 0 Å². The van der Waals surface area contributed by atoms with Crippen LogP contribution in [0.1, 0.15) is 5.56 Å². The molecule has 0 fully saturated rings. The van der Waals surface area contributed by atoms with Crippen molar-refractivity contribution in [1.82, 2.24) is 9.97 Å². The summed E-state index contributed by atoms with van der Waals surface area (Å²) in [5.74, 6) is 0. The van der Waals surface area contributed by atoms with E-state index in [1.54, 1.807) is 0 Å². The molecular weight excluding hydrogens is 284 g/mol. The molecule has 0 bridgehead atoms. The molecule has 0 atom stereocenters. The first-order valence-electron chi connectivity index (χ1n) is 7.65. The molecule has 5 aromatic rings. The molecule has 0 unspecified atom stereocenters. The number of nitrogens with one attached hydrogen (secondary N) is 1. The standard InChI is InChI=1S/C20H14N2O/c1-12-11-22-20-19(12)14(8-9-21-20)13-6-7-18-16(10-13)15-4-2-3-5-17(15)23-18/h2-11H,1H3,(H,21,22). The Bertz CT molecular complexity index is 1180. The van der Waals surface area contributed by atoms with Gasteiger partial charge in [-0.15, -0.1) is 0 Å². The van der Waals surface area contributed by atoms with Crippen molar-refractivity contribution in [3.8, 4) is 11.1 Å². The molecule has 0 saturated carbocycles. The van der Waals surface area contributed by atoms with Gasteiger partial charge in [0.15, 0.2) is 0 Å². The number of aromatic amines is 1. The molecule has 5 rings (SSSR count). The lowest BCUT2D eigenvalue weighted by molar-refractivity contribution is 0.669. The minimum Gasteiger partial charge on any atom is -0.456 e. The number of furan rings is 1. The van der Waals surface area contributed by atoms with Gasteiger partial charge in [-0.1, -0.05) is 24.3 Å². The van der Waals surface area contributed by atoms with E-state index >= 15 is 0 Å². The van der Waals surface area contributed by atoms with Gasteiger partial charge >= 0.3 is 0 Å². The van der Waals surface area contributed by atoms with E-state index < -0.39 is 0 Å². The molecule has 110 valence electrons. The van der Waals surface area contributed by atoms with Gasteiger partial charge in [0, 0.05) is 28.6 Å². The van der Waals surface area contributed by atoms with Crippen LogP contribution >= 0.6 is 0 Å². The predicted molar refractivity (Wildman–Crippen MR) is 93.5 cm³/mol. The molecule has 3 nitrogen and oxygen atoms in total. The normalized spacial score (nSPS) is 11.7. The summed E-state index contributed by atoms with van der Waals surface area (Å²) in [6.07, 6.45) is 3.86. The summed E-state index contributed by atoms with van der Waals surface area (Å²) >= 11 is 0. The zero-order valence-electron chi connectivity index (χ0n) is 12.6. The van der Waals surface area contributed by atoms with Gasteiger partial charge < -0.3 is 9.40 Å². The fourth-order valence-electron chi connectivity index (χ4n) is 3.35. The maximum Gasteiger partial charge on any atom is 0.138 e. The van der Waals surface area contributed by atoms with E-state index in [4.69, 9.17) is 4.42 Å². The molecule has 0 aliphatic rings. The number of para-hydroxylation sites is 1. The zero-order valence-corrected chi connectivity index (χ0v) is 12.6. The molecule has 1 N–H and O–H groups in total. The Morgan fingerprint density at radius 1 is 0.957 bits per heavy atom. The quantitative estimate of drug-likeness (QED) is 0.448. The molecule has 0 aliphatic carbocycles. The summed E-state index contributed by atoms with van der Waals surface area (Å²) in [5.41, 5.74) is 6.36. The highest BCUT2D eigenvalue weighted by atomic mass is 16.3. The lowest BCUT2D eigenvalue weighted by Gasteiger charge is -2.05. The van der Waals surface area contributed by atoms with Crippen LogP contribution in [0.5, 0.6) is 0 Å². The van der Waals surface area contributed by atoms with E-state index in [0.29, 0.717) is 0 Å². The monoisotopic (exact) mass is 298 g/mol. The van der Waals surface area contributed by atoms with Crippen LogP contribution in [0.15, 0.2) is 65.3 Å². The van der Waals surface area contributed by atoms with Crippen molar-refractivity contribution in [3.63, 3.8) is 0 Å². The van der Waals surface area contributed by atoms with Crippen LogP contribution in [0.25, 0.3) is 44.1 Å². The predicted octanol–water partition coefficient (Wildman–Crippen LogP) is 5.44. The Hall–Kier alpha value is -3.07. The Labute approximate surface area is 132 Å². The molecule has 2 aromatic carbocycles. The topological polar surface area (TPSA) is 41.8 Å². The third kappa shape index (κ3) is 1.73. The largest absolute Gasteiger partial charge is 0.456 e. The van der Waals surface area contributed by atoms with E-state index in [1.165, 1.54) is 22.1 Å². The van der Waals surface area contributed by atoms with Gasteiger partial charge in [0.25, 0.3) is 0 Å². The number of fused-ring (bicyclic) bond motifs is 4. The summed E-state index contributed by atoms with van der Waals surface area (Å²) in [7, 11) is 0. The maximum atomic E-state index is 5.92. The summed E-state index contributed by atoms with van der Waals surface area (Å²) in [6.45, 7) is 2.11. The highest BCUT2D eigenvalue weighted by Crippen LogP contribution is 2.35. The lowest BCUT2D eigenvalue weighted by atomic mass is 10.00. The van der Waals surface area contributed by atoms with Crippen molar-refractivity contribution in [3.05, 3.63) is 66.5 Å². The number of benzene rings is 2. The van der Waals surface area contributed by atoms with E-state index in [2.05, 4.69) is 47.2 Å². The summed E-state index contributed by atoms with van der Waals surface area (Å²) in [5, 5.41) is 3.48. The minimum atomic E-state index is 0.922. The van der Waals surface area contributed by atoms with Gasteiger partial charge in [-0.3, -0.25) is 0 Å². The fourth-order valence-corrected chi connectivity index (χ4v) is 3.35. The van der Waals surface area contributed by atoms with Crippen LogP contribution in [0.2, 0.25) is 0 Å². The molecule has 0 radical (unpaired) electrons. The SMILES string of the molecule is Cc1c[nH]c2nccc(-c3ccc4oc5ccccc5c4c3)c12. The van der Waals surface area contributed by atoms with Crippen molar-refractivity contribution < 1.29 is 4.42 Å². The van der Waals surface area contributed by atoms with Gasteiger partial charge in [0.2, 0.25) is 0 Å². The Morgan fingerprint density at radius 2 is 1.83 bits per heavy atom. The number of aromatic nitrogens is 2. The highest BCUT2D eigenvalue weighted by molar-refractivity contribution is 6.07. The van der Waals surface area contributed by atoms with Crippen molar-refractivity contribution in [2.45, 2.75) is 6.92 Å². The first kappa shape index (κ1) is 12.5. The Kier molecular flexibility index (Phi) is 2.42. The van der Waals surface area contributed by atoms with Crippen molar-refractivity contribution in [2.75, 3.05) is 0 Å². The van der Waals surface area contributed by atoms with Crippen LogP contribution in [0.3, 0.4) is 0 Å². The van der Waals surface area contributed by atoms with Crippen molar-refractivity contribution in [1.29, 1.82) is 0 Å². The fraction of sp³-hybridized carbons (Fsp3) is 0.0500. The first-order valence-corrected chi connectivity index (χ1v) is 7.65. The van der Waals surface area contributed by atoms with Crippen LogP contribution in [0.4, 0.5) is 0 Å². The van der Waals surface area contributed by atoms with Crippen LogP contribution in [-0.4, -0.2) is 9.97 Å². The second-order valence-corrected chi connectivity index (χ2v) is 5.86. The van der Waals surface area contributed by atoms with Crippen LogP contribution < -0.4 is 0 Å². The third-order valence-electron chi connectivity index (χ3n) is 4.46.